The van der Waals surface area contributed by atoms with Crippen molar-refractivity contribution < 1.29 is 0 Å². The maximum Gasteiger partial charge on any atom is 0.164 e. The van der Waals surface area contributed by atoms with Gasteiger partial charge in [0.15, 0.2) is 17.5 Å². The Morgan fingerprint density at radius 3 is 1.81 bits per heavy atom. The van der Waals surface area contributed by atoms with Crippen molar-refractivity contribution in [3.63, 3.8) is 0 Å². The number of thiophene rings is 1. The summed E-state index contributed by atoms with van der Waals surface area (Å²) < 4.78 is 2.48. The highest BCUT2D eigenvalue weighted by Crippen LogP contribution is 2.37. The van der Waals surface area contributed by atoms with Crippen LogP contribution in [-0.4, -0.2) is 26.4 Å². The lowest BCUT2D eigenvalue weighted by Gasteiger charge is -2.16. The predicted octanol–water partition coefficient (Wildman–Crippen LogP) is 10.5. The summed E-state index contributed by atoms with van der Waals surface area (Å²) in [4.78, 5) is 15.1. The van der Waals surface area contributed by atoms with Crippen LogP contribution in [0.1, 0.15) is 11.1 Å². The smallest absolute Gasteiger partial charge is 0.164 e. The van der Waals surface area contributed by atoms with Crippen molar-refractivity contribution in [1.82, 2.24) is 15.0 Å². The molecule has 0 saturated carbocycles. The minimum atomic E-state index is 0.204. The lowest BCUT2D eigenvalue weighted by Crippen LogP contribution is -2.16. The van der Waals surface area contributed by atoms with Gasteiger partial charge in [0.1, 0.15) is 0 Å². The Hall–Kier alpha value is -6.11. The third-order valence-electron chi connectivity index (χ3n) is 8.78. The van der Waals surface area contributed by atoms with Crippen molar-refractivity contribution in [2.45, 2.75) is 0 Å². The Bertz CT molecular complexity index is 2600. The first-order valence-corrected chi connectivity index (χ1v) is 16.2. The van der Waals surface area contributed by atoms with E-state index in [1.807, 2.05) is 48.5 Å². The molecule has 6 heteroatoms. The number of fused-ring (bicyclic) bond motifs is 6. The summed E-state index contributed by atoms with van der Waals surface area (Å²) >= 11 is 1.79. The van der Waals surface area contributed by atoms with E-state index in [0.29, 0.717) is 17.5 Å². The topological polar surface area (TPSA) is 86.4 Å². The molecule has 2 aromatic heterocycles. The standard InChI is InChI=1S/C41H25N5S/c42-34-20-18-27-14-12-26-13-17-29(22-32(26)37(27)38(34)43)40-44-39(28-15-10-25(11-16-28)24-6-2-1-3-7-24)45-41(46-40)30-19-21-36-33(23-30)31-8-4-5-9-35(31)47-36/h1-23,42-43H. The molecule has 1 aliphatic rings. The predicted molar refractivity (Wildman–Crippen MR) is 196 cm³/mol. The molecule has 0 bridgehead atoms. The van der Waals surface area contributed by atoms with Crippen molar-refractivity contribution in [3.05, 3.63) is 145 Å². The van der Waals surface area contributed by atoms with Crippen molar-refractivity contribution in [1.29, 1.82) is 10.8 Å². The van der Waals surface area contributed by atoms with Crippen molar-refractivity contribution in [3.8, 4) is 45.3 Å². The molecule has 2 N–H and O–H groups in total. The van der Waals surface area contributed by atoms with Gasteiger partial charge in [-0.1, -0.05) is 103 Å². The average Bonchev–Trinajstić information content (AvgIpc) is 3.51. The van der Waals surface area contributed by atoms with Crippen LogP contribution in [0.4, 0.5) is 0 Å². The zero-order chi connectivity index (χ0) is 31.5. The van der Waals surface area contributed by atoms with Gasteiger partial charge in [-0.2, -0.15) is 0 Å². The van der Waals surface area contributed by atoms with E-state index >= 15 is 0 Å². The van der Waals surface area contributed by atoms with Crippen LogP contribution >= 0.6 is 11.3 Å². The van der Waals surface area contributed by atoms with Gasteiger partial charge in [0.25, 0.3) is 0 Å². The van der Waals surface area contributed by atoms with Gasteiger partial charge in [0, 0.05) is 42.4 Å². The number of hydrogen-bond donors (Lipinski definition) is 2. The van der Waals surface area contributed by atoms with Gasteiger partial charge in [-0.3, -0.25) is 10.8 Å². The Balaban J connectivity index is 1.23. The van der Waals surface area contributed by atoms with E-state index in [0.717, 1.165) is 49.7 Å². The summed E-state index contributed by atoms with van der Waals surface area (Å²) in [6.07, 6.45) is 3.59. The fourth-order valence-electron chi connectivity index (χ4n) is 6.36. The first-order chi connectivity index (χ1) is 23.1. The van der Waals surface area contributed by atoms with E-state index < -0.39 is 0 Å². The van der Waals surface area contributed by atoms with Crippen LogP contribution in [-0.2, 0) is 0 Å². The molecule has 0 aliphatic heterocycles. The van der Waals surface area contributed by atoms with Crippen LogP contribution in [0.5, 0.6) is 0 Å². The third kappa shape index (κ3) is 4.66. The molecule has 0 saturated heterocycles. The monoisotopic (exact) mass is 619 g/mol. The van der Waals surface area contributed by atoms with Gasteiger partial charge in [0.05, 0.1) is 11.4 Å². The molecule has 6 aromatic carbocycles. The number of hydrogen-bond acceptors (Lipinski definition) is 6. The summed E-state index contributed by atoms with van der Waals surface area (Å²) in [5, 5.41) is 21.3. The zero-order valence-corrected chi connectivity index (χ0v) is 25.8. The maximum absolute atomic E-state index is 8.70. The minimum Gasteiger partial charge on any atom is -0.299 e. The molecule has 0 fully saturated rings. The number of rotatable bonds is 4. The molecule has 9 rings (SSSR count). The van der Waals surface area contributed by atoms with Crippen LogP contribution < -0.4 is 0 Å². The van der Waals surface area contributed by atoms with Crippen molar-refractivity contribution in [2.24, 2.45) is 0 Å². The summed E-state index contributed by atoms with van der Waals surface area (Å²) in [6.45, 7) is 0. The number of nitrogens with zero attached hydrogens (tertiary/aromatic N) is 3. The van der Waals surface area contributed by atoms with Gasteiger partial charge < -0.3 is 0 Å². The second-order valence-corrected chi connectivity index (χ2v) is 12.7. The minimum absolute atomic E-state index is 0.204. The van der Waals surface area contributed by atoms with E-state index in [-0.39, 0.29) is 11.4 Å². The van der Waals surface area contributed by atoms with Gasteiger partial charge >= 0.3 is 0 Å². The van der Waals surface area contributed by atoms with E-state index in [2.05, 4.69) is 84.9 Å². The average molecular weight is 620 g/mol. The highest BCUT2D eigenvalue weighted by atomic mass is 32.1. The van der Waals surface area contributed by atoms with Gasteiger partial charge in [-0.05, 0) is 63.9 Å². The van der Waals surface area contributed by atoms with Crippen LogP contribution in [0, 0.1) is 10.8 Å². The van der Waals surface area contributed by atoms with Crippen LogP contribution in [0.25, 0.3) is 82.3 Å². The highest BCUT2D eigenvalue weighted by molar-refractivity contribution is 7.25. The van der Waals surface area contributed by atoms with E-state index in [1.54, 1.807) is 17.4 Å². The SMILES string of the molecule is N=C1C=Cc2ccc3ccc(-c4nc(-c5ccc(-c6ccccc6)cc5)nc(-c5ccc6sc7ccccc7c6c5)n4)cc3c2C1=N. The van der Waals surface area contributed by atoms with Gasteiger partial charge in [-0.25, -0.2) is 15.0 Å². The molecule has 0 atom stereocenters. The van der Waals surface area contributed by atoms with Crippen molar-refractivity contribution >= 4 is 59.8 Å². The Morgan fingerprint density at radius 1 is 0.447 bits per heavy atom. The van der Waals surface area contributed by atoms with E-state index in [4.69, 9.17) is 25.8 Å². The molecule has 5 nitrogen and oxygen atoms in total. The molecule has 47 heavy (non-hydrogen) atoms. The maximum atomic E-state index is 8.70. The Labute approximate surface area is 274 Å². The summed E-state index contributed by atoms with van der Waals surface area (Å²) in [5.41, 5.74) is 7.04. The molecule has 1 aliphatic carbocycles. The second kappa shape index (κ2) is 10.8. The Morgan fingerprint density at radius 2 is 1.02 bits per heavy atom. The Kier molecular flexibility index (Phi) is 6.23. The molecule has 0 radical (unpaired) electrons. The molecule has 220 valence electrons. The van der Waals surface area contributed by atoms with Crippen molar-refractivity contribution in [2.75, 3.05) is 0 Å². The lowest BCUT2D eigenvalue weighted by atomic mass is 9.89. The first kappa shape index (κ1) is 27.2. The fraction of sp³-hybridized carbons (Fsp3) is 0. The molecule has 0 spiro atoms. The largest absolute Gasteiger partial charge is 0.299 e. The molecular weight excluding hydrogens is 595 g/mol. The number of allylic oxidation sites excluding steroid dienone is 1. The zero-order valence-electron chi connectivity index (χ0n) is 25.0. The molecular formula is C41H25N5S. The fourth-order valence-corrected chi connectivity index (χ4v) is 7.44. The first-order valence-electron chi connectivity index (χ1n) is 15.4. The van der Waals surface area contributed by atoms with Crippen LogP contribution in [0.15, 0.2) is 133 Å². The quantitative estimate of drug-likeness (QED) is 0.205. The van der Waals surface area contributed by atoms with Gasteiger partial charge in [-0.15, -0.1) is 11.3 Å². The molecule has 0 amide bonds. The summed E-state index contributed by atoms with van der Waals surface area (Å²) in [5.74, 6) is 1.74. The highest BCUT2D eigenvalue weighted by Gasteiger charge is 2.19. The van der Waals surface area contributed by atoms with Gasteiger partial charge in [0.2, 0.25) is 0 Å². The molecule has 0 unspecified atom stereocenters. The number of aromatic nitrogens is 3. The molecule has 2 heterocycles. The normalized spacial score (nSPS) is 12.7. The lowest BCUT2D eigenvalue weighted by molar-refractivity contribution is 1.08. The number of nitrogens with one attached hydrogen (secondary N) is 2. The second-order valence-electron chi connectivity index (χ2n) is 11.6. The van der Waals surface area contributed by atoms with E-state index in [1.165, 1.54) is 20.2 Å². The molecule has 8 aromatic rings. The third-order valence-corrected chi connectivity index (χ3v) is 9.93. The van der Waals surface area contributed by atoms with Crippen LogP contribution in [0.3, 0.4) is 0 Å². The van der Waals surface area contributed by atoms with E-state index in [9.17, 15) is 0 Å². The number of benzene rings is 6. The van der Waals surface area contributed by atoms with Crippen LogP contribution in [0.2, 0.25) is 0 Å². The summed E-state index contributed by atoms with van der Waals surface area (Å²) in [6, 6.07) is 43.8. The summed E-state index contributed by atoms with van der Waals surface area (Å²) in [7, 11) is 0.